The van der Waals surface area contributed by atoms with Crippen LogP contribution >= 0.6 is 11.6 Å². The summed E-state index contributed by atoms with van der Waals surface area (Å²) < 4.78 is 2.11. The van der Waals surface area contributed by atoms with Crippen LogP contribution in [0.3, 0.4) is 0 Å². The Morgan fingerprint density at radius 3 is 2.53 bits per heavy atom. The molecule has 0 saturated carbocycles. The van der Waals surface area contributed by atoms with Gasteiger partial charge in [-0.05, 0) is 66.1 Å². The summed E-state index contributed by atoms with van der Waals surface area (Å²) in [6.45, 7) is 1.44. The van der Waals surface area contributed by atoms with E-state index in [4.69, 9.17) is 16.6 Å². The number of amides is 1. The molecule has 6 rings (SSSR count). The molecule has 0 spiro atoms. The number of hydrogen-bond acceptors (Lipinski definition) is 4. The second-order valence-corrected chi connectivity index (χ2v) is 9.54. The number of rotatable bonds is 5. The first-order valence-electron chi connectivity index (χ1n) is 12.0. The van der Waals surface area contributed by atoms with Crippen molar-refractivity contribution >= 4 is 28.5 Å². The molecule has 4 heterocycles. The quantitative estimate of drug-likeness (QED) is 0.315. The number of carbonyl (C=O) groups excluding carboxylic acids is 1. The van der Waals surface area contributed by atoms with Crippen molar-refractivity contribution in [2.75, 3.05) is 13.1 Å². The number of pyridine rings is 2. The van der Waals surface area contributed by atoms with Crippen LogP contribution in [-0.2, 0) is 6.42 Å². The maximum atomic E-state index is 13.4. The number of likely N-dealkylation sites (tertiary alicyclic amines) is 1. The number of hydrogen-bond donors (Lipinski definition) is 0. The smallest absolute Gasteiger partial charge is 0.253 e. The van der Waals surface area contributed by atoms with Crippen molar-refractivity contribution in [2.45, 2.75) is 18.8 Å². The SMILES string of the molecule is O=C(c1ccc2c(c1)nc(Cc1ccc(Cl)cc1)n2-c1cccnc1)N1CCC(c2cccnc2)C1. The standard InChI is InChI=1S/C29H24ClN5O/c30-24-8-5-20(6-9-24)15-28-33-26-16-21(7-10-27(26)35(28)25-4-2-13-32-18-25)29(36)34-14-11-23(19-34)22-3-1-12-31-17-22/h1-10,12-13,16-18,23H,11,14-15,19H2. The molecule has 0 aliphatic carbocycles. The Bertz CT molecular complexity index is 1520. The molecule has 2 aromatic carbocycles. The van der Waals surface area contributed by atoms with E-state index < -0.39 is 0 Å². The van der Waals surface area contributed by atoms with Crippen LogP contribution in [0.15, 0.2) is 91.5 Å². The zero-order valence-corrected chi connectivity index (χ0v) is 20.3. The van der Waals surface area contributed by atoms with Gasteiger partial charge < -0.3 is 4.90 Å². The number of imidazole rings is 1. The number of halogens is 1. The van der Waals surface area contributed by atoms with E-state index in [1.807, 2.05) is 78.0 Å². The molecule has 1 amide bonds. The number of fused-ring (bicyclic) bond motifs is 1. The van der Waals surface area contributed by atoms with Gasteiger partial charge in [0, 0.05) is 54.6 Å². The minimum absolute atomic E-state index is 0.0402. The molecule has 5 aromatic rings. The van der Waals surface area contributed by atoms with Gasteiger partial charge in [-0.15, -0.1) is 0 Å². The zero-order chi connectivity index (χ0) is 24.5. The number of benzene rings is 2. The van der Waals surface area contributed by atoms with Crippen molar-refractivity contribution in [1.29, 1.82) is 0 Å². The average molecular weight is 494 g/mol. The van der Waals surface area contributed by atoms with Crippen molar-refractivity contribution in [3.8, 4) is 5.69 Å². The second-order valence-electron chi connectivity index (χ2n) is 9.10. The van der Waals surface area contributed by atoms with Gasteiger partial charge in [0.2, 0.25) is 0 Å². The van der Waals surface area contributed by atoms with Crippen molar-refractivity contribution in [1.82, 2.24) is 24.4 Å². The summed E-state index contributed by atoms with van der Waals surface area (Å²) in [4.78, 5) is 28.8. The molecular formula is C29H24ClN5O. The lowest BCUT2D eigenvalue weighted by atomic mass is 10.0. The van der Waals surface area contributed by atoms with E-state index in [1.54, 1.807) is 12.4 Å². The van der Waals surface area contributed by atoms with Crippen LogP contribution in [0.2, 0.25) is 5.02 Å². The first kappa shape index (κ1) is 22.4. The first-order valence-corrected chi connectivity index (χ1v) is 12.4. The highest BCUT2D eigenvalue weighted by Crippen LogP contribution is 2.29. The predicted octanol–water partition coefficient (Wildman–Crippen LogP) is 5.69. The lowest BCUT2D eigenvalue weighted by Crippen LogP contribution is -2.28. The number of carbonyl (C=O) groups is 1. The van der Waals surface area contributed by atoms with Gasteiger partial charge in [-0.3, -0.25) is 19.3 Å². The van der Waals surface area contributed by atoms with Crippen LogP contribution in [0.25, 0.3) is 16.7 Å². The van der Waals surface area contributed by atoms with Gasteiger partial charge in [0.1, 0.15) is 5.82 Å². The van der Waals surface area contributed by atoms with Crippen molar-refractivity contribution in [3.63, 3.8) is 0 Å². The average Bonchev–Trinajstić information content (AvgIpc) is 3.55. The topological polar surface area (TPSA) is 63.9 Å². The van der Waals surface area contributed by atoms with Crippen LogP contribution in [0, 0.1) is 0 Å². The van der Waals surface area contributed by atoms with E-state index >= 15 is 0 Å². The molecule has 6 nitrogen and oxygen atoms in total. The van der Waals surface area contributed by atoms with E-state index in [2.05, 4.69) is 20.6 Å². The molecule has 1 aliphatic rings. The molecule has 3 aromatic heterocycles. The monoisotopic (exact) mass is 493 g/mol. The largest absolute Gasteiger partial charge is 0.338 e. The molecule has 1 aliphatic heterocycles. The van der Waals surface area contributed by atoms with Crippen LogP contribution in [-0.4, -0.2) is 43.4 Å². The second kappa shape index (κ2) is 9.55. The fourth-order valence-electron chi connectivity index (χ4n) is 4.96. The maximum Gasteiger partial charge on any atom is 0.253 e. The fourth-order valence-corrected chi connectivity index (χ4v) is 5.08. The highest BCUT2D eigenvalue weighted by molar-refractivity contribution is 6.30. The molecule has 178 valence electrons. The summed E-state index contributed by atoms with van der Waals surface area (Å²) in [5.41, 5.74) is 5.61. The Morgan fingerprint density at radius 2 is 1.78 bits per heavy atom. The van der Waals surface area contributed by atoms with Crippen LogP contribution in [0.5, 0.6) is 0 Å². The third kappa shape index (κ3) is 4.36. The zero-order valence-electron chi connectivity index (χ0n) is 19.6. The van der Waals surface area contributed by atoms with Gasteiger partial charge in [0.05, 0.1) is 22.9 Å². The molecule has 0 radical (unpaired) electrons. The summed E-state index contributed by atoms with van der Waals surface area (Å²) in [6, 6.07) is 21.6. The molecule has 36 heavy (non-hydrogen) atoms. The third-order valence-electron chi connectivity index (χ3n) is 6.78. The van der Waals surface area contributed by atoms with E-state index in [1.165, 1.54) is 5.56 Å². The minimum Gasteiger partial charge on any atom is -0.338 e. The molecule has 1 atom stereocenters. The molecular weight excluding hydrogens is 470 g/mol. The Balaban J connectivity index is 1.33. The fraction of sp³-hybridized carbons (Fsp3) is 0.172. The van der Waals surface area contributed by atoms with Gasteiger partial charge in [-0.1, -0.05) is 29.8 Å². The van der Waals surface area contributed by atoms with Gasteiger partial charge in [0.15, 0.2) is 0 Å². The summed E-state index contributed by atoms with van der Waals surface area (Å²) in [5.74, 6) is 1.24. The molecule has 1 fully saturated rings. The molecule has 0 bridgehead atoms. The van der Waals surface area contributed by atoms with E-state index in [0.717, 1.165) is 41.1 Å². The van der Waals surface area contributed by atoms with Gasteiger partial charge in [0.25, 0.3) is 5.91 Å². The van der Waals surface area contributed by atoms with Gasteiger partial charge >= 0.3 is 0 Å². The molecule has 0 N–H and O–H groups in total. The third-order valence-corrected chi connectivity index (χ3v) is 7.03. The highest BCUT2D eigenvalue weighted by Gasteiger charge is 2.28. The lowest BCUT2D eigenvalue weighted by molar-refractivity contribution is 0.0791. The molecule has 7 heteroatoms. The van der Waals surface area contributed by atoms with Crippen molar-refractivity contribution in [3.05, 3.63) is 119 Å². The normalized spacial score (nSPS) is 15.5. The Kier molecular flexibility index (Phi) is 5.95. The Morgan fingerprint density at radius 1 is 0.972 bits per heavy atom. The summed E-state index contributed by atoms with van der Waals surface area (Å²) in [6.07, 6.45) is 8.84. The summed E-state index contributed by atoms with van der Waals surface area (Å²) >= 11 is 6.08. The molecule has 1 unspecified atom stereocenters. The van der Waals surface area contributed by atoms with Gasteiger partial charge in [-0.2, -0.15) is 0 Å². The van der Waals surface area contributed by atoms with Crippen LogP contribution in [0.4, 0.5) is 0 Å². The van der Waals surface area contributed by atoms with Crippen molar-refractivity contribution in [2.24, 2.45) is 0 Å². The summed E-state index contributed by atoms with van der Waals surface area (Å²) in [5, 5.41) is 0.704. The van der Waals surface area contributed by atoms with Crippen LogP contribution < -0.4 is 0 Å². The Labute approximate surface area is 214 Å². The highest BCUT2D eigenvalue weighted by atomic mass is 35.5. The lowest BCUT2D eigenvalue weighted by Gasteiger charge is -2.17. The van der Waals surface area contributed by atoms with Crippen LogP contribution in [0.1, 0.15) is 39.6 Å². The summed E-state index contributed by atoms with van der Waals surface area (Å²) in [7, 11) is 0. The van der Waals surface area contributed by atoms with E-state index in [0.29, 0.717) is 29.5 Å². The number of aromatic nitrogens is 4. The minimum atomic E-state index is 0.0402. The number of nitrogens with zero attached hydrogens (tertiary/aromatic N) is 5. The van der Waals surface area contributed by atoms with Crippen molar-refractivity contribution < 1.29 is 4.79 Å². The van der Waals surface area contributed by atoms with Gasteiger partial charge in [-0.25, -0.2) is 4.98 Å². The Hall–Kier alpha value is -4.03. The predicted molar refractivity (Wildman–Crippen MR) is 141 cm³/mol. The van der Waals surface area contributed by atoms with E-state index in [-0.39, 0.29) is 5.91 Å². The van der Waals surface area contributed by atoms with E-state index in [9.17, 15) is 4.79 Å². The maximum absolute atomic E-state index is 13.4. The molecule has 1 saturated heterocycles. The first-order chi connectivity index (χ1) is 17.7.